The minimum atomic E-state index is -0.446. The Kier molecular flexibility index (Phi) is 5.46. The summed E-state index contributed by atoms with van der Waals surface area (Å²) < 4.78 is 13.0. The summed E-state index contributed by atoms with van der Waals surface area (Å²) >= 11 is 0. The van der Waals surface area contributed by atoms with Crippen LogP contribution in [0.1, 0.15) is 37.3 Å². The molecule has 6 heteroatoms. The van der Waals surface area contributed by atoms with Gasteiger partial charge in [0.25, 0.3) is 0 Å². The van der Waals surface area contributed by atoms with Crippen molar-refractivity contribution in [2.45, 2.75) is 43.9 Å². The van der Waals surface area contributed by atoms with Crippen molar-refractivity contribution >= 4 is 0 Å². The lowest BCUT2D eigenvalue weighted by atomic mass is 10.1. The molecule has 2 fully saturated rings. The van der Waals surface area contributed by atoms with Gasteiger partial charge < -0.3 is 14.6 Å². The first kappa shape index (κ1) is 15.9. The van der Waals surface area contributed by atoms with E-state index in [1.54, 1.807) is 0 Å². The second-order valence-corrected chi connectivity index (χ2v) is 6.43. The maximum Gasteiger partial charge on any atom is 0.0900 e. The van der Waals surface area contributed by atoms with Crippen LogP contribution in [0.4, 0.5) is 0 Å². The van der Waals surface area contributed by atoms with Gasteiger partial charge >= 0.3 is 0 Å². The van der Waals surface area contributed by atoms with Crippen molar-refractivity contribution < 1.29 is 14.6 Å². The number of aryl methyl sites for hydroxylation is 1. The Morgan fingerprint density at radius 1 is 1.45 bits per heavy atom. The number of likely N-dealkylation sites (tertiary alicyclic amines) is 1. The molecule has 0 spiro atoms. The summed E-state index contributed by atoms with van der Waals surface area (Å²) in [6.07, 6.45) is 8.29. The van der Waals surface area contributed by atoms with Gasteiger partial charge in [-0.3, -0.25) is 9.58 Å². The van der Waals surface area contributed by atoms with Gasteiger partial charge in [-0.05, 0) is 32.2 Å². The number of hydrogen-bond acceptors (Lipinski definition) is 5. The zero-order valence-electron chi connectivity index (χ0n) is 13.4. The minimum Gasteiger partial charge on any atom is -0.389 e. The molecule has 1 N–H and O–H groups in total. The molecule has 124 valence electrons. The van der Waals surface area contributed by atoms with Gasteiger partial charge in [0, 0.05) is 38.0 Å². The predicted molar refractivity (Wildman–Crippen MR) is 82.6 cm³/mol. The molecule has 6 nitrogen and oxygen atoms in total. The van der Waals surface area contributed by atoms with Crippen LogP contribution in [0.5, 0.6) is 0 Å². The molecule has 3 unspecified atom stereocenters. The van der Waals surface area contributed by atoms with Crippen LogP contribution < -0.4 is 0 Å². The molecule has 2 saturated heterocycles. The highest BCUT2D eigenvalue weighted by atomic mass is 16.5. The highest BCUT2D eigenvalue weighted by molar-refractivity contribution is 5.12. The molecule has 0 radical (unpaired) electrons. The molecular formula is C16H27N3O3. The van der Waals surface area contributed by atoms with Crippen LogP contribution >= 0.6 is 0 Å². The number of aliphatic hydroxyl groups excluding tert-OH is 1. The Bertz CT molecular complexity index is 459. The molecule has 3 heterocycles. The lowest BCUT2D eigenvalue weighted by Crippen LogP contribution is -2.35. The monoisotopic (exact) mass is 309 g/mol. The highest BCUT2D eigenvalue weighted by Gasteiger charge is 2.28. The Hall–Kier alpha value is -0.950. The maximum atomic E-state index is 10.2. The standard InChI is InChI=1S/C16H27N3O3/c1-18-9-13(8-17-18)16-5-2-6-19(16)10-14(20)11-21-12-15-4-3-7-22-15/h8-9,14-16,20H,2-7,10-12H2,1H3. The van der Waals surface area contributed by atoms with Gasteiger partial charge in [-0.1, -0.05) is 0 Å². The summed E-state index contributed by atoms with van der Waals surface area (Å²) in [6, 6.07) is 0.376. The smallest absolute Gasteiger partial charge is 0.0900 e. The van der Waals surface area contributed by atoms with Crippen molar-refractivity contribution in [1.29, 1.82) is 0 Å². The van der Waals surface area contributed by atoms with Crippen LogP contribution in [0.2, 0.25) is 0 Å². The summed E-state index contributed by atoms with van der Waals surface area (Å²) in [6.45, 7) is 3.52. The first-order chi connectivity index (χ1) is 10.7. The van der Waals surface area contributed by atoms with E-state index in [0.717, 1.165) is 32.4 Å². The molecule has 0 bridgehead atoms. The molecule has 0 saturated carbocycles. The van der Waals surface area contributed by atoms with Gasteiger partial charge in [-0.2, -0.15) is 5.10 Å². The Morgan fingerprint density at radius 3 is 3.09 bits per heavy atom. The summed E-state index contributed by atoms with van der Waals surface area (Å²) in [4.78, 5) is 2.34. The van der Waals surface area contributed by atoms with Crippen molar-refractivity contribution in [3.8, 4) is 0 Å². The summed E-state index contributed by atoms with van der Waals surface area (Å²) in [5.41, 5.74) is 1.24. The average molecular weight is 309 g/mol. The molecule has 22 heavy (non-hydrogen) atoms. The van der Waals surface area contributed by atoms with E-state index in [0.29, 0.717) is 25.8 Å². The minimum absolute atomic E-state index is 0.224. The van der Waals surface area contributed by atoms with Gasteiger partial charge in [0.1, 0.15) is 0 Å². The van der Waals surface area contributed by atoms with Crippen LogP contribution in [0.25, 0.3) is 0 Å². The Morgan fingerprint density at radius 2 is 2.36 bits per heavy atom. The zero-order valence-corrected chi connectivity index (χ0v) is 13.4. The number of β-amino-alcohol motifs (C(OH)–C–C–N with tert-alkyl or cyclic N) is 1. The maximum absolute atomic E-state index is 10.2. The molecule has 1 aromatic rings. The van der Waals surface area contributed by atoms with Crippen LogP contribution in [-0.2, 0) is 16.5 Å². The number of aliphatic hydroxyl groups is 1. The van der Waals surface area contributed by atoms with E-state index >= 15 is 0 Å². The summed E-state index contributed by atoms with van der Waals surface area (Å²) in [5, 5.41) is 14.5. The molecule has 0 amide bonds. The Balaban J connectivity index is 1.42. The largest absolute Gasteiger partial charge is 0.389 e. The third kappa shape index (κ3) is 4.07. The van der Waals surface area contributed by atoms with Crippen LogP contribution in [0.15, 0.2) is 12.4 Å². The first-order valence-electron chi connectivity index (χ1n) is 8.32. The predicted octanol–water partition coefficient (Wildman–Crippen LogP) is 1.11. The van der Waals surface area contributed by atoms with Crippen LogP contribution in [0.3, 0.4) is 0 Å². The third-order valence-electron chi connectivity index (χ3n) is 4.56. The summed E-state index contributed by atoms with van der Waals surface area (Å²) in [5.74, 6) is 0. The molecule has 2 aliphatic rings. The van der Waals surface area contributed by atoms with Crippen molar-refractivity contribution in [1.82, 2.24) is 14.7 Å². The third-order valence-corrected chi connectivity index (χ3v) is 4.56. The molecule has 3 atom stereocenters. The zero-order chi connectivity index (χ0) is 15.4. The summed E-state index contributed by atoms with van der Waals surface area (Å²) in [7, 11) is 1.94. The van der Waals surface area contributed by atoms with Gasteiger partial charge in [-0.25, -0.2) is 0 Å². The molecule has 0 aromatic carbocycles. The van der Waals surface area contributed by atoms with Crippen molar-refractivity contribution in [2.75, 3.05) is 32.9 Å². The molecule has 0 aliphatic carbocycles. The second kappa shape index (κ2) is 7.55. The van der Waals surface area contributed by atoms with Crippen molar-refractivity contribution in [3.05, 3.63) is 18.0 Å². The highest BCUT2D eigenvalue weighted by Crippen LogP contribution is 2.31. The lowest BCUT2D eigenvalue weighted by molar-refractivity contribution is -0.0261. The Labute approximate surface area is 132 Å². The number of nitrogens with zero attached hydrogens (tertiary/aromatic N) is 3. The number of rotatable bonds is 7. The number of hydrogen-bond donors (Lipinski definition) is 1. The molecule has 1 aromatic heterocycles. The van der Waals surface area contributed by atoms with E-state index in [1.165, 1.54) is 12.0 Å². The topological polar surface area (TPSA) is 59.8 Å². The fraction of sp³-hybridized carbons (Fsp3) is 0.812. The molecule has 2 aliphatic heterocycles. The fourth-order valence-corrected chi connectivity index (χ4v) is 3.47. The number of ether oxygens (including phenoxy) is 2. The average Bonchev–Trinajstić information content (AvgIpc) is 3.20. The van der Waals surface area contributed by atoms with Crippen molar-refractivity contribution in [3.63, 3.8) is 0 Å². The quantitative estimate of drug-likeness (QED) is 0.818. The van der Waals surface area contributed by atoms with Crippen molar-refractivity contribution in [2.24, 2.45) is 7.05 Å². The first-order valence-corrected chi connectivity index (χ1v) is 8.32. The second-order valence-electron chi connectivity index (χ2n) is 6.43. The van der Waals surface area contributed by atoms with E-state index in [1.807, 2.05) is 17.9 Å². The van der Waals surface area contributed by atoms with E-state index in [-0.39, 0.29) is 6.10 Å². The number of aromatic nitrogens is 2. The van der Waals surface area contributed by atoms with E-state index < -0.39 is 6.10 Å². The van der Waals surface area contributed by atoms with Gasteiger partial charge in [-0.15, -0.1) is 0 Å². The SMILES string of the molecule is Cn1cc(C2CCCN2CC(O)COCC2CCCO2)cn1. The molecule has 3 rings (SSSR count). The van der Waals surface area contributed by atoms with Gasteiger partial charge in [0.2, 0.25) is 0 Å². The normalized spacial score (nSPS) is 27.5. The van der Waals surface area contributed by atoms with Crippen LogP contribution in [0, 0.1) is 0 Å². The lowest BCUT2D eigenvalue weighted by Gasteiger charge is -2.26. The van der Waals surface area contributed by atoms with Gasteiger partial charge in [0.15, 0.2) is 0 Å². The van der Waals surface area contributed by atoms with E-state index in [2.05, 4.69) is 16.2 Å². The van der Waals surface area contributed by atoms with E-state index in [4.69, 9.17) is 9.47 Å². The fourth-order valence-electron chi connectivity index (χ4n) is 3.47. The van der Waals surface area contributed by atoms with Crippen LogP contribution in [-0.4, -0.2) is 64.9 Å². The molecular weight excluding hydrogens is 282 g/mol. The van der Waals surface area contributed by atoms with E-state index in [9.17, 15) is 5.11 Å². The van der Waals surface area contributed by atoms with Gasteiger partial charge in [0.05, 0.1) is 31.6 Å².